The maximum Gasteiger partial charge on any atom is 0.335 e. The highest BCUT2D eigenvalue weighted by Crippen LogP contribution is 2.32. The Morgan fingerprint density at radius 1 is 1.04 bits per heavy atom. The minimum Gasteiger partial charge on any atom is -0.478 e. The monoisotopic (exact) mass is 353 g/mol. The number of carboxylic acid groups (broad SMARTS) is 1. The van der Waals surface area contributed by atoms with Gasteiger partial charge in [0.1, 0.15) is 0 Å². The van der Waals surface area contributed by atoms with Gasteiger partial charge >= 0.3 is 5.97 Å². The minimum absolute atomic E-state index is 0.174. The van der Waals surface area contributed by atoms with Crippen LogP contribution in [0.15, 0.2) is 59.5 Å². The SMILES string of the molecule is O=C(O)c1ccc(/C=C2\SC(=O)N(CCc3ccccc3)C2=O)cc1. The van der Waals surface area contributed by atoms with E-state index in [2.05, 4.69) is 0 Å². The van der Waals surface area contributed by atoms with Gasteiger partial charge in [0.15, 0.2) is 0 Å². The molecule has 1 heterocycles. The van der Waals surface area contributed by atoms with Gasteiger partial charge in [-0.3, -0.25) is 14.5 Å². The Morgan fingerprint density at radius 3 is 2.36 bits per heavy atom. The highest BCUT2D eigenvalue weighted by molar-refractivity contribution is 8.18. The molecule has 0 aliphatic carbocycles. The summed E-state index contributed by atoms with van der Waals surface area (Å²) < 4.78 is 0. The van der Waals surface area contributed by atoms with E-state index in [1.54, 1.807) is 18.2 Å². The third-order valence-corrected chi connectivity index (χ3v) is 4.70. The number of carbonyl (C=O) groups excluding carboxylic acids is 2. The fourth-order valence-corrected chi connectivity index (χ4v) is 3.32. The molecule has 2 amide bonds. The number of hydrogen-bond acceptors (Lipinski definition) is 4. The quantitative estimate of drug-likeness (QED) is 0.830. The second kappa shape index (κ2) is 7.36. The number of nitrogens with zero attached hydrogens (tertiary/aromatic N) is 1. The van der Waals surface area contributed by atoms with E-state index in [4.69, 9.17) is 5.11 Å². The Morgan fingerprint density at radius 2 is 1.72 bits per heavy atom. The molecule has 1 fully saturated rings. The van der Waals surface area contributed by atoms with Crippen LogP contribution in [0, 0.1) is 0 Å². The lowest BCUT2D eigenvalue weighted by molar-refractivity contribution is -0.122. The summed E-state index contributed by atoms with van der Waals surface area (Å²) in [5, 5.41) is 8.62. The van der Waals surface area contributed by atoms with E-state index < -0.39 is 5.97 Å². The van der Waals surface area contributed by atoms with Crippen molar-refractivity contribution >= 4 is 35.0 Å². The van der Waals surface area contributed by atoms with Crippen LogP contribution in [0.5, 0.6) is 0 Å². The largest absolute Gasteiger partial charge is 0.478 e. The zero-order valence-corrected chi connectivity index (χ0v) is 14.0. The van der Waals surface area contributed by atoms with Gasteiger partial charge in [-0.1, -0.05) is 42.5 Å². The summed E-state index contributed by atoms with van der Waals surface area (Å²) in [6.45, 7) is 0.337. The lowest BCUT2D eigenvalue weighted by Crippen LogP contribution is -2.30. The summed E-state index contributed by atoms with van der Waals surface area (Å²) in [7, 11) is 0. The molecule has 2 aromatic rings. The molecule has 1 aliphatic rings. The van der Waals surface area contributed by atoms with Crippen molar-refractivity contribution in [1.82, 2.24) is 4.90 Å². The van der Waals surface area contributed by atoms with Crippen LogP contribution in [0.25, 0.3) is 6.08 Å². The molecule has 3 rings (SSSR count). The van der Waals surface area contributed by atoms with Crippen molar-refractivity contribution < 1.29 is 19.5 Å². The molecule has 126 valence electrons. The number of aromatic carboxylic acids is 1. The molecule has 25 heavy (non-hydrogen) atoms. The molecule has 1 N–H and O–H groups in total. The first-order valence-electron chi connectivity index (χ1n) is 7.67. The lowest BCUT2D eigenvalue weighted by Gasteiger charge is -2.12. The number of amides is 2. The Kier molecular flexibility index (Phi) is 5.00. The van der Waals surface area contributed by atoms with Crippen molar-refractivity contribution in [1.29, 1.82) is 0 Å². The molecule has 5 nitrogen and oxygen atoms in total. The zero-order valence-electron chi connectivity index (χ0n) is 13.2. The molecule has 0 radical (unpaired) electrons. The van der Waals surface area contributed by atoms with E-state index in [1.165, 1.54) is 17.0 Å². The molecule has 0 unspecified atom stereocenters. The summed E-state index contributed by atoms with van der Waals surface area (Å²) in [4.78, 5) is 37.0. The van der Waals surface area contributed by atoms with E-state index in [9.17, 15) is 14.4 Å². The van der Waals surface area contributed by atoms with Gasteiger partial charge in [-0.05, 0) is 47.5 Å². The predicted octanol–water partition coefficient (Wildman–Crippen LogP) is 3.66. The first-order valence-corrected chi connectivity index (χ1v) is 8.49. The van der Waals surface area contributed by atoms with E-state index >= 15 is 0 Å². The lowest BCUT2D eigenvalue weighted by atomic mass is 10.1. The van der Waals surface area contributed by atoms with Gasteiger partial charge in [-0.2, -0.15) is 0 Å². The van der Waals surface area contributed by atoms with Gasteiger partial charge in [0.2, 0.25) is 0 Å². The van der Waals surface area contributed by atoms with Crippen molar-refractivity contribution in [3.05, 3.63) is 76.2 Å². The molecule has 1 saturated heterocycles. The standard InChI is InChI=1S/C19H15NO4S/c21-17-16(12-14-6-8-15(9-7-14)18(22)23)25-19(24)20(17)11-10-13-4-2-1-3-5-13/h1-9,12H,10-11H2,(H,22,23)/b16-12-. The van der Waals surface area contributed by atoms with E-state index in [0.29, 0.717) is 23.4 Å². The molecule has 1 aliphatic heterocycles. The van der Waals surface area contributed by atoms with Crippen LogP contribution in [0.3, 0.4) is 0 Å². The Bertz CT molecular complexity index is 843. The van der Waals surface area contributed by atoms with Gasteiger partial charge in [-0.15, -0.1) is 0 Å². The number of rotatable bonds is 5. The Balaban J connectivity index is 1.70. The van der Waals surface area contributed by atoms with E-state index in [-0.39, 0.29) is 16.7 Å². The Hall–Kier alpha value is -2.86. The maximum absolute atomic E-state index is 12.4. The van der Waals surface area contributed by atoms with Crippen molar-refractivity contribution in [2.24, 2.45) is 0 Å². The topological polar surface area (TPSA) is 74.7 Å². The predicted molar refractivity (Wildman–Crippen MR) is 96.2 cm³/mol. The Labute approximate surface area is 149 Å². The molecule has 0 atom stereocenters. The van der Waals surface area contributed by atoms with Crippen LogP contribution in [0.4, 0.5) is 4.79 Å². The number of carboxylic acids is 1. The third kappa shape index (κ3) is 3.97. The highest BCUT2D eigenvalue weighted by atomic mass is 32.2. The molecule has 2 aromatic carbocycles. The summed E-state index contributed by atoms with van der Waals surface area (Å²) in [6.07, 6.45) is 2.22. The summed E-state index contributed by atoms with van der Waals surface area (Å²) in [5.41, 5.74) is 1.92. The van der Waals surface area contributed by atoms with E-state index in [1.807, 2.05) is 30.3 Å². The third-order valence-electron chi connectivity index (χ3n) is 3.80. The highest BCUT2D eigenvalue weighted by Gasteiger charge is 2.34. The number of benzene rings is 2. The van der Waals surface area contributed by atoms with Crippen molar-refractivity contribution in [2.45, 2.75) is 6.42 Å². The normalized spacial score (nSPS) is 15.8. The van der Waals surface area contributed by atoms with Gasteiger partial charge in [0.25, 0.3) is 11.1 Å². The van der Waals surface area contributed by atoms with Crippen molar-refractivity contribution in [2.75, 3.05) is 6.54 Å². The second-order valence-electron chi connectivity index (χ2n) is 5.50. The molecule has 6 heteroatoms. The molecular weight excluding hydrogens is 338 g/mol. The molecule has 0 bridgehead atoms. The fourth-order valence-electron chi connectivity index (χ4n) is 2.45. The average molecular weight is 353 g/mol. The minimum atomic E-state index is -1.01. The number of carbonyl (C=O) groups is 3. The number of hydrogen-bond donors (Lipinski definition) is 1. The molecule has 0 spiro atoms. The maximum atomic E-state index is 12.4. The summed E-state index contributed by atoms with van der Waals surface area (Å²) in [6, 6.07) is 15.8. The zero-order chi connectivity index (χ0) is 17.8. The second-order valence-corrected chi connectivity index (χ2v) is 6.49. The van der Waals surface area contributed by atoms with Gasteiger partial charge in [-0.25, -0.2) is 4.79 Å². The van der Waals surface area contributed by atoms with Crippen LogP contribution in [0.2, 0.25) is 0 Å². The van der Waals surface area contributed by atoms with Crippen LogP contribution in [-0.4, -0.2) is 33.7 Å². The first kappa shape index (κ1) is 17.0. The molecule has 0 aromatic heterocycles. The fraction of sp³-hybridized carbons (Fsp3) is 0.105. The first-order chi connectivity index (χ1) is 12.0. The molecular formula is C19H15NO4S. The van der Waals surface area contributed by atoms with Gasteiger partial charge in [0.05, 0.1) is 10.5 Å². The van der Waals surface area contributed by atoms with Gasteiger partial charge < -0.3 is 5.11 Å². The van der Waals surface area contributed by atoms with E-state index in [0.717, 1.165) is 17.3 Å². The summed E-state index contributed by atoms with van der Waals surface area (Å²) >= 11 is 0.904. The summed E-state index contributed by atoms with van der Waals surface area (Å²) in [5.74, 6) is -1.32. The average Bonchev–Trinajstić information content (AvgIpc) is 2.88. The molecule has 0 saturated carbocycles. The number of imide groups is 1. The van der Waals surface area contributed by atoms with Crippen LogP contribution in [-0.2, 0) is 11.2 Å². The van der Waals surface area contributed by atoms with Crippen LogP contribution < -0.4 is 0 Å². The van der Waals surface area contributed by atoms with Gasteiger partial charge in [0, 0.05) is 6.54 Å². The smallest absolute Gasteiger partial charge is 0.335 e. The van der Waals surface area contributed by atoms with Crippen molar-refractivity contribution in [3.63, 3.8) is 0 Å². The number of thioether (sulfide) groups is 1. The van der Waals surface area contributed by atoms with Crippen molar-refractivity contribution in [3.8, 4) is 0 Å². The van der Waals surface area contributed by atoms with Crippen LogP contribution >= 0.6 is 11.8 Å². The van der Waals surface area contributed by atoms with Crippen LogP contribution in [0.1, 0.15) is 21.5 Å².